The van der Waals surface area contributed by atoms with Gasteiger partial charge in [0.05, 0.1) is 0 Å². The van der Waals surface area contributed by atoms with Gasteiger partial charge in [0.1, 0.15) is 0 Å². The molecule has 1 saturated carbocycles. The van der Waals surface area contributed by atoms with Crippen molar-refractivity contribution in [3.05, 3.63) is 24.1 Å². The van der Waals surface area contributed by atoms with Gasteiger partial charge >= 0.3 is 0 Å². The van der Waals surface area contributed by atoms with Crippen molar-refractivity contribution in [1.82, 2.24) is 9.71 Å². The zero-order valence-electron chi connectivity index (χ0n) is 10.5. The molecule has 1 N–H and O–H groups in total. The van der Waals surface area contributed by atoms with Crippen molar-refractivity contribution in [2.75, 3.05) is 0 Å². The Morgan fingerprint density at radius 1 is 1.50 bits per heavy atom. The summed E-state index contributed by atoms with van der Waals surface area (Å²) in [6, 6.07) is 2.33. The number of hydrogen-bond donors (Lipinski definition) is 1. The number of pyridine rings is 1. The molecule has 18 heavy (non-hydrogen) atoms. The summed E-state index contributed by atoms with van der Waals surface area (Å²) in [5, 5.41) is -0.519. The van der Waals surface area contributed by atoms with Crippen LogP contribution < -0.4 is 4.72 Å². The van der Waals surface area contributed by atoms with Crippen molar-refractivity contribution in [2.45, 2.75) is 44.2 Å². The standard InChI is InChI=1S/C12H17FN2O2S/c1-12(2)6-5-9(8-12)15-18(16,17)11-10(13)4-3-7-14-11/h3-4,7,9,15H,5-6,8H2,1-2H3. The van der Waals surface area contributed by atoms with E-state index >= 15 is 0 Å². The first-order valence-electron chi connectivity index (χ1n) is 5.93. The van der Waals surface area contributed by atoms with E-state index in [9.17, 15) is 12.8 Å². The van der Waals surface area contributed by atoms with Crippen LogP contribution in [0.15, 0.2) is 23.4 Å². The van der Waals surface area contributed by atoms with Crippen molar-refractivity contribution in [1.29, 1.82) is 0 Å². The monoisotopic (exact) mass is 272 g/mol. The van der Waals surface area contributed by atoms with Crippen molar-refractivity contribution in [3.63, 3.8) is 0 Å². The van der Waals surface area contributed by atoms with Gasteiger partial charge in [-0.05, 0) is 36.8 Å². The van der Waals surface area contributed by atoms with Gasteiger partial charge in [-0.15, -0.1) is 0 Å². The molecular weight excluding hydrogens is 255 g/mol. The topological polar surface area (TPSA) is 59.1 Å². The summed E-state index contributed by atoms with van der Waals surface area (Å²) in [7, 11) is -3.86. The number of sulfonamides is 1. The van der Waals surface area contributed by atoms with E-state index in [4.69, 9.17) is 0 Å². The van der Waals surface area contributed by atoms with Gasteiger partial charge in [0.2, 0.25) is 5.03 Å². The largest absolute Gasteiger partial charge is 0.261 e. The summed E-state index contributed by atoms with van der Waals surface area (Å²) in [4.78, 5) is 3.60. The molecule has 1 aromatic heterocycles. The summed E-state index contributed by atoms with van der Waals surface area (Å²) in [6.07, 6.45) is 3.78. The summed E-state index contributed by atoms with van der Waals surface area (Å²) in [5.41, 5.74) is 0.135. The first-order chi connectivity index (χ1) is 8.30. The molecule has 0 spiro atoms. The average Bonchev–Trinajstić information content (AvgIpc) is 2.57. The smallest absolute Gasteiger partial charge is 0.241 e. The third-order valence-corrected chi connectivity index (χ3v) is 4.72. The highest BCUT2D eigenvalue weighted by atomic mass is 32.2. The van der Waals surface area contributed by atoms with E-state index in [1.165, 1.54) is 12.3 Å². The maximum absolute atomic E-state index is 13.4. The molecule has 4 nitrogen and oxygen atoms in total. The van der Waals surface area contributed by atoms with Crippen LogP contribution in [0.4, 0.5) is 4.39 Å². The first-order valence-corrected chi connectivity index (χ1v) is 7.41. The maximum atomic E-state index is 13.4. The molecular formula is C12H17FN2O2S. The number of hydrogen-bond acceptors (Lipinski definition) is 3. The molecule has 1 atom stereocenters. The van der Waals surface area contributed by atoms with Crippen LogP contribution in [0, 0.1) is 11.2 Å². The van der Waals surface area contributed by atoms with Crippen LogP contribution in [0.3, 0.4) is 0 Å². The summed E-state index contributed by atoms with van der Waals surface area (Å²) < 4.78 is 40.0. The molecule has 0 aromatic carbocycles. The molecule has 0 aliphatic heterocycles. The van der Waals surface area contributed by atoms with Gasteiger partial charge in [-0.2, -0.15) is 0 Å². The molecule has 1 aromatic rings. The Morgan fingerprint density at radius 2 is 2.22 bits per heavy atom. The number of nitrogens with zero attached hydrogens (tertiary/aromatic N) is 1. The van der Waals surface area contributed by atoms with Crippen LogP contribution in [0.25, 0.3) is 0 Å². The first kappa shape index (κ1) is 13.4. The lowest BCUT2D eigenvalue weighted by Crippen LogP contribution is -2.34. The van der Waals surface area contributed by atoms with E-state index in [2.05, 4.69) is 23.6 Å². The Kier molecular flexibility index (Phi) is 3.42. The zero-order valence-corrected chi connectivity index (χ0v) is 11.3. The van der Waals surface area contributed by atoms with E-state index in [-0.39, 0.29) is 11.5 Å². The lowest BCUT2D eigenvalue weighted by molar-refractivity contribution is 0.372. The quantitative estimate of drug-likeness (QED) is 0.916. The number of nitrogens with one attached hydrogen (secondary N) is 1. The van der Waals surface area contributed by atoms with Crippen LogP contribution in [-0.4, -0.2) is 19.4 Å². The molecule has 100 valence electrons. The van der Waals surface area contributed by atoms with Crippen molar-refractivity contribution in [3.8, 4) is 0 Å². The molecule has 1 heterocycles. The van der Waals surface area contributed by atoms with Crippen LogP contribution >= 0.6 is 0 Å². The zero-order chi connectivity index (χ0) is 13.4. The fourth-order valence-corrected chi connectivity index (χ4v) is 3.66. The lowest BCUT2D eigenvalue weighted by Gasteiger charge is -2.17. The van der Waals surface area contributed by atoms with Crippen LogP contribution in [0.5, 0.6) is 0 Å². The van der Waals surface area contributed by atoms with Crippen molar-refractivity contribution >= 4 is 10.0 Å². The Morgan fingerprint density at radius 3 is 2.78 bits per heavy atom. The Hall–Kier alpha value is -1.01. The molecule has 0 saturated heterocycles. The molecule has 6 heteroatoms. The van der Waals surface area contributed by atoms with Gasteiger partial charge in [-0.3, -0.25) is 0 Å². The number of aromatic nitrogens is 1. The SMILES string of the molecule is CC1(C)CCC(NS(=O)(=O)c2ncccc2F)C1. The van der Waals surface area contributed by atoms with Gasteiger partial charge in [0.15, 0.2) is 5.82 Å². The number of halogens is 1. The van der Waals surface area contributed by atoms with Gasteiger partial charge in [0, 0.05) is 12.2 Å². The minimum absolute atomic E-state index is 0.133. The van der Waals surface area contributed by atoms with Crippen LogP contribution in [-0.2, 0) is 10.0 Å². The highest BCUT2D eigenvalue weighted by Crippen LogP contribution is 2.37. The van der Waals surface area contributed by atoms with Gasteiger partial charge < -0.3 is 0 Å². The van der Waals surface area contributed by atoms with Gasteiger partial charge in [-0.25, -0.2) is 22.5 Å². The third kappa shape index (κ3) is 2.87. The molecule has 1 unspecified atom stereocenters. The van der Waals surface area contributed by atoms with Crippen molar-refractivity contribution in [2.24, 2.45) is 5.41 Å². The second-order valence-corrected chi connectivity index (χ2v) is 7.14. The highest BCUT2D eigenvalue weighted by Gasteiger charge is 2.34. The molecule has 1 aliphatic rings. The Balaban J connectivity index is 2.17. The van der Waals surface area contributed by atoms with Gasteiger partial charge in [-0.1, -0.05) is 13.8 Å². The molecule has 0 radical (unpaired) electrons. The highest BCUT2D eigenvalue weighted by molar-refractivity contribution is 7.89. The van der Waals surface area contributed by atoms with Crippen molar-refractivity contribution < 1.29 is 12.8 Å². The number of rotatable bonds is 3. The Labute approximate surface area is 107 Å². The fourth-order valence-electron chi connectivity index (χ4n) is 2.38. The predicted molar refractivity (Wildman–Crippen MR) is 65.9 cm³/mol. The van der Waals surface area contributed by atoms with Gasteiger partial charge in [0.25, 0.3) is 10.0 Å². The summed E-state index contributed by atoms with van der Waals surface area (Å²) in [5.74, 6) is -0.817. The third-order valence-electron chi connectivity index (χ3n) is 3.27. The summed E-state index contributed by atoms with van der Waals surface area (Å²) >= 11 is 0. The molecule has 1 aliphatic carbocycles. The molecule has 0 bridgehead atoms. The normalized spacial score (nSPS) is 23.2. The summed E-state index contributed by atoms with van der Waals surface area (Å²) in [6.45, 7) is 4.20. The molecule has 0 amide bonds. The lowest BCUT2D eigenvalue weighted by atomic mass is 9.92. The second kappa shape index (κ2) is 4.59. The van der Waals surface area contributed by atoms with E-state index in [1.807, 2.05) is 0 Å². The molecule has 1 fully saturated rings. The minimum Gasteiger partial charge on any atom is -0.241 e. The maximum Gasteiger partial charge on any atom is 0.261 e. The fraction of sp³-hybridized carbons (Fsp3) is 0.583. The average molecular weight is 272 g/mol. The van der Waals surface area contributed by atoms with E-state index in [1.54, 1.807) is 0 Å². The van der Waals surface area contributed by atoms with Crippen LogP contribution in [0.2, 0.25) is 0 Å². The Bertz CT molecular complexity index is 543. The van der Waals surface area contributed by atoms with E-state index < -0.39 is 20.9 Å². The van der Waals surface area contributed by atoms with E-state index in [0.717, 1.165) is 25.3 Å². The molecule has 2 rings (SSSR count). The van der Waals surface area contributed by atoms with E-state index in [0.29, 0.717) is 0 Å². The predicted octanol–water partition coefficient (Wildman–Crippen LogP) is 2.08. The minimum atomic E-state index is -3.86. The second-order valence-electron chi connectivity index (χ2n) is 5.52. The van der Waals surface area contributed by atoms with Crippen LogP contribution in [0.1, 0.15) is 33.1 Å².